The van der Waals surface area contributed by atoms with Gasteiger partial charge in [0.2, 0.25) is 5.91 Å². The molecule has 2 atom stereocenters. The number of aliphatic hydroxyl groups is 2. The summed E-state index contributed by atoms with van der Waals surface area (Å²) in [6.45, 7) is 3.14. The summed E-state index contributed by atoms with van der Waals surface area (Å²) in [5.41, 5.74) is 0.938. The summed E-state index contributed by atoms with van der Waals surface area (Å²) in [6.07, 6.45) is 2.60. The van der Waals surface area contributed by atoms with Crippen molar-refractivity contribution in [3.8, 4) is 5.75 Å². The first-order valence-electron chi connectivity index (χ1n) is 8.44. The molecule has 5 nitrogen and oxygen atoms in total. The lowest BCUT2D eigenvalue weighted by Gasteiger charge is -2.31. The maximum absolute atomic E-state index is 12.8. The molecular formula is C18H27NO4. The van der Waals surface area contributed by atoms with Crippen LogP contribution in [0.4, 0.5) is 0 Å². The number of amides is 1. The zero-order chi connectivity index (χ0) is 16.7. The molecule has 1 aliphatic rings. The first-order valence-corrected chi connectivity index (χ1v) is 8.44. The number of rotatable bonds is 7. The fraction of sp³-hybridized carbons (Fsp3) is 0.611. The molecule has 23 heavy (non-hydrogen) atoms. The van der Waals surface area contributed by atoms with Gasteiger partial charge in [-0.25, -0.2) is 0 Å². The Morgan fingerprint density at radius 2 is 2.13 bits per heavy atom. The van der Waals surface area contributed by atoms with Crippen molar-refractivity contribution < 1.29 is 19.7 Å². The number of hydrogen-bond acceptors (Lipinski definition) is 4. The molecule has 0 aliphatic heterocycles. The van der Waals surface area contributed by atoms with Crippen LogP contribution < -0.4 is 4.74 Å². The lowest BCUT2D eigenvalue weighted by molar-refractivity contribution is -0.139. The molecule has 128 valence electrons. The van der Waals surface area contributed by atoms with E-state index in [0.717, 1.165) is 30.6 Å². The predicted molar refractivity (Wildman–Crippen MR) is 88.1 cm³/mol. The maximum atomic E-state index is 12.8. The number of nitrogens with zero attached hydrogens (tertiary/aromatic N) is 1. The molecule has 0 heterocycles. The van der Waals surface area contributed by atoms with Gasteiger partial charge in [-0.2, -0.15) is 0 Å². The number of carbonyl (C=O) groups excluding carboxylic acids is 1. The summed E-state index contributed by atoms with van der Waals surface area (Å²) >= 11 is 0. The van der Waals surface area contributed by atoms with Crippen LogP contribution in [-0.4, -0.2) is 46.9 Å². The van der Waals surface area contributed by atoms with E-state index in [1.54, 1.807) is 4.90 Å². The van der Waals surface area contributed by atoms with Crippen molar-refractivity contribution in [3.63, 3.8) is 0 Å². The van der Waals surface area contributed by atoms with E-state index in [0.29, 0.717) is 26.1 Å². The van der Waals surface area contributed by atoms with Gasteiger partial charge in [0.1, 0.15) is 5.75 Å². The summed E-state index contributed by atoms with van der Waals surface area (Å²) in [5.74, 6) is 0.642. The van der Waals surface area contributed by atoms with Gasteiger partial charge in [-0.3, -0.25) is 4.79 Å². The second-order valence-electron chi connectivity index (χ2n) is 6.04. The molecule has 1 aromatic carbocycles. The maximum Gasteiger partial charge on any atom is 0.226 e. The Kier molecular flexibility index (Phi) is 6.86. The van der Waals surface area contributed by atoms with Crippen LogP contribution in [0.1, 0.15) is 38.2 Å². The summed E-state index contributed by atoms with van der Waals surface area (Å²) in [7, 11) is 0. The molecule has 1 aromatic rings. The van der Waals surface area contributed by atoms with E-state index in [1.165, 1.54) is 0 Å². The molecule has 0 saturated heterocycles. The van der Waals surface area contributed by atoms with E-state index in [2.05, 4.69) is 0 Å². The Morgan fingerprint density at radius 3 is 2.83 bits per heavy atom. The van der Waals surface area contributed by atoms with E-state index in [4.69, 9.17) is 4.74 Å². The molecule has 0 bridgehead atoms. The highest BCUT2D eigenvalue weighted by atomic mass is 16.5. The Morgan fingerprint density at radius 1 is 1.35 bits per heavy atom. The topological polar surface area (TPSA) is 70.0 Å². The Labute approximate surface area is 137 Å². The van der Waals surface area contributed by atoms with Crippen LogP contribution in [0.2, 0.25) is 0 Å². The third-order valence-electron chi connectivity index (χ3n) is 4.31. The van der Waals surface area contributed by atoms with Crippen LogP contribution in [0, 0.1) is 5.92 Å². The molecule has 2 rings (SSSR count). The minimum Gasteiger partial charge on any atom is -0.494 e. The van der Waals surface area contributed by atoms with E-state index in [1.807, 2.05) is 31.2 Å². The van der Waals surface area contributed by atoms with Gasteiger partial charge in [0.15, 0.2) is 0 Å². The lowest BCUT2D eigenvalue weighted by atomic mass is 9.86. The Hall–Kier alpha value is -1.59. The first kappa shape index (κ1) is 17.8. The highest BCUT2D eigenvalue weighted by molar-refractivity contribution is 5.79. The lowest BCUT2D eigenvalue weighted by Crippen LogP contribution is -2.40. The normalized spacial score (nSPS) is 21.0. The second-order valence-corrected chi connectivity index (χ2v) is 6.04. The van der Waals surface area contributed by atoms with Gasteiger partial charge in [-0.05, 0) is 32.3 Å². The Balaban J connectivity index is 2.10. The monoisotopic (exact) mass is 321 g/mol. The van der Waals surface area contributed by atoms with Gasteiger partial charge in [0, 0.05) is 24.6 Å². The minimum atomic E-state index is -0.385. The quantitative estimate of drug-likeness (QED) is 0.805. The molecule has 1 saturated carbocycles. The average molecular weight is 321 g/mol. The molecule has 0 aromatic heterocycles. The van der Waals surface area contributed by atoms with Gasteiger partial charge < -0.3 is 19.8 Å². The summed E-state index contributed by atoms with van der Waals surface area (Å²) in [5, 5.41) is 19.1. The third kappa shape index (κ3) is 4.94. The summed E-state index contributed by atoms with van der Waals surface area (Å²) in [6, 6.07) is 7.66. The largest absolute Gasteiger partial charge is 0.494 e. The van der Waals surface area contributed by atoms with Crippen molar-refractivity contribution in [2.75, 3.05) is 19.8 Å². The van der Waals surface area contributed by atoms with Crippen LogP contribution in [0.5, 0.6) is 5.75 Å². The van der Waals surface area contributed by atoms with Crippen molar-refractivity contribution in [1.82, 2.24) is 4.90 Å². The number of carbonyl (C=O) groups is 1. The van der Waals surface area contributed by atoms with E-state index in [-0.39, 0.29) is 24.5 Å². The minimum absolute atomic E-state index is 0.0177. The van der Waals surface area contributed by atoms with Crippen LogP contribution in [-0.2, 0) is 11.3 Å². The van der Waals surface area contributed by atoms with Gasteiger partial charge in [0.25, 0.3) is 0 Å². The van der Waals surface area contributed by atoms with Gasteiger partial charge >= 0.3 is 0 Å². The number of para-hydroxylation sites is 1. The number of hydrogen-bond donors (Lipinski definition) is 2. The van der Waals surface area contributed by atoms with Crippen LogP contribution in [0.3, 0.4) is 0 Å². The zero-order valence-corrected chi connectivity index (χ0v) is 13.8. The molecule has 1 amide bonds. The van der Waals surface area contributed by atoms with Gasteiger partial charge in [-0.15, -0.1) is 0 Å². The SMILES string of the molecule is CCOc1ccccc1CN(CCO)C(=O)[C@@H]1CCC[C@H](O)C1. The van der Waals surface area contributed by atoms with Crippen LogP contribution >= 0.6 is 0 Å². The summed E-state index contributed by atoms with van der Waals surface area (Å²) < 4.78 is 5.62. The molecule has 0 spiro atoms. The second kappa shape index (κ2) is 8.89. The average Bonchev–Trinajstić information content (AvgIpc) is 2.56. The molecule has 1 fully saturated rings. The van der Waals surface area contributed by atoms with Gasteiger partial charge in [-0.1, -0.05) is 24.6 Å². The predicted octanol–water partition coefficient (Wildman–Crippen LogP) is 1.96. The first-order chi connectivity index (χ1) is 11.2. The molecule has 2 N–H and O–H groups in total. The molecule has 0 radical (unpaired) electrons. The number of ether oxygens (including phenoxy) is 1. The standard InChI is InChI=1S/C18H27NO4/c1-2-23-17-9-4-3-6-15(17)13-19(10-11-20)18(22)14-7-5-8-16(21)12-14/h3-4,6,9,14,16,20-21H,2,5,7-8,10-13H2,1H3/t14-,16+/m1/s1. The van der Waals surface area contributed by atoms with Gasteiger partial charge in [0.05, 0.1) is 19.3 Å². The third-order valence-corrected chi connectivity index (χ3v) is 4.31. The van der Waals surface area contributed by atoms with Crippen LogP contribution in [0.25, 0.3) is 0 Å². The number of benzene rings is 1. The fourth-order valence-corrected chi connectivity index (χ4v) is 3.17. The smallest absolute Gasteiger partial charge is 0.226 e. The van der Waals surface area contributed by atoms with Crippen molar-refractivity contribution in [2.45, 2.75) is 45.3 Å². The van der Waals surface area contributed by atoms with E-state index < -0.39 is 0 Å². The highest BCUT2D eigenvalue weighted by Gasteiger charge is 2.29. The summed E-state index contributed by atoms with van der Waals surface area (Å²) in [4.78, 5) is 14.5. The number of aliphatic hydroxyl groups excluding tert-OH is 2. The van der Waals surface area contributed by atoms with E-state index >= 15 is 0 Å². The van der Waals surface area contributed by atoms with Crippen molar-refractivity contribution in [3.05, 3.63) is 29.8 Å². The van der Waals surface area contributed by atoms with Crippen molar-refractivity contribution >= 4 is 5.91 Å². The molecule has 0 unspecified atom stereocenters. The van der Waals surface area contributed by atoms with Crippen molar-refractivity contribution in [2.24, 2.45) is 5.92 Å². The molecular weight excluding hydrogens is 294 g/mol. The fourth-order valence-electron chi connectivity index (χ4n) is 3.17. The van der Waals surface area contributed by atoms with Crippen molar-refractivity contribution in [1.29, 1.82) is 0 Å². The van der Waals surface area contributed by atoms with E-state index in [9.17, 15) is 15.0 Å². The zero-order valence-electron chi connectivity index (χ0n) is 13.8. The molecule has 5 heteroatoms. The highest BCUT2D eigenvalue weighted by Crippen LogP contribution is 2.27. The Bertz CT molecular complexity index is 506. The van der Waals surface area contributed by atoms with Crippen LogP contribution in [0.15, 0.2) is 24.3 Å². The molecule has 1 aliphatic carbocycles.